The Labute approximate surface area is 145 Å². The molecule has 0 atom stereocenters. The van der Waals surface area contributed by atoms with E-state index in [0.29, 0.717) is 22.9 Å². The third-order valence-corrected chi connectivity index (χ3v) is 3.55. The van der Waals surface area contributed by atoms with E-state index in [1.165, 1.54) is 0 Å². The first-order valence-electron chi connectivity index (χ1n) is 7.60. The van der Waals surface area contributed by atoms with Gasteiger partial charge in [-0.2, -0.15) is 5.10 Å². The molecular formula is C16H20ClN5O2. The number of urea groups is 1. The van der Waals surface area contributed by atoms with Gasteiger partial charge in [-0.1, -0.05) is 23.7 Å². The van der Waals surface area contributed by atoms with Crippen molar-refractivity contribution < 1.29 is 9.59 Å². The molecule has 0 unspecified atom stereocenters. The summed E-state index contributed by atoms with van der Waals surface area (Å²) < 4.78 is 1.71. The molecule has 0 saturated heterocycles. The summed E-state index contributed by atoms with van der Waals surface area (Å²) >= 11 is 5.95. The van der Waals surface area contributed by atoms with Crippen LogP contribution in [0.1, 0.15) is 30.2 Å². The van der Waals surface area contributed by atoms with Gasteiger partial charge in [0.25, 0.3) is 5.91 Å². The van der Waals surface area contributed by atoms with Crippen LogP contribution in [-0.4, -0.2) is 34.8 Å². The van der Waals surface area contributed by atoms with Crippen molar-refractivity contribution in [1.82, 2.24) is 20.4 Å². The Kier molecular flexibility index (Phi) is 6.20. The van der Waals surface area contributed by atoms with Crippen LogP contribution in [0.15, 0.2) is 36.5 Å². The molecule has 1 aromatic carbocycles. The molecule has 7 nitrogen and oxygen atoms in total. The van der Waals surface area contributed by atoms with Crippen LogP contribution in [0.5, 0.6) is 0 Å². The molecule has 1 heterocycles. The number of nitrogens with one attached hydrogen (secondary N) is 3. The number of rotatable bonds is 6. The summed E-state index contributed by atoms with van der Waals surface area (Å²) in [4.78, 5) is 23.8. The fraction of sp³-hybridized carbons (Fsp3) is 0.312. The van der Waals surface area contributed by atoms with Crippen molar-refractivity contribution in [3.05, 3.63) is 47.1 Å². The number of hydrogen-bond donors (Lipinski definition) is 3. The third kappa shape index (κ3) is 4.73. The number of carbonyl (C=O) groups excluding carboxylic acids is 2. The first-order chi connectivity index (χ1) is 11.5. The van der Waals surface area contributed by atoms with Crippen molar-refractivity contribution in [2.45, 2.75) is 19.9 Å². The maximum Gasteiger partial charge on any atom is 0.320 e. The number of halogens is 1. The first kappa shape index (κ1) is 17.8. The zero-order valence-electron chi connectivity index (χ0n) is 13.5. The predicted octanol–water partition coefficient (Wildman–Crippen LogP) is 2.67. The quantitative estimate of drug-likeness (QED) is 0.700. The second kappa shape index (κ2) is 8.35. The molecule has 128 valence electrons. The maximum atomic E-state index is 12.0. The van der Waals surface area contributed by atoms with Crippen LogP contribution < -0.4 is 16.0 Å². The normalized spacial score (nSPS) is 10.5. The number of hydrogen-bond acceptors (Lipinski definition) is 3. The molecule has 0 aliphatic heterocycles. The lowest BCUT2D eigenvalue weighted by molar-refractivity contribution is 0.0954. The Morgan fingerprint density at radius 1 is 1.17 bits per heavy atom. The van der Waals surface area contributed by atoms with Crippen molar-refractivity contribution >= 4 is 29.4 Å². The Bertz CT molecular complexity index is 714. The number of nitrogens with zero attached hydrogens (tertiary/aromatic N) is 2. The average molecular weight is 350 g/mol. The van der Waals surface area contributed by atoms with Gasteiger partial charge < -0.3 is 10.6 Å². The maximum absolute atomic E-state index is 12.0. The SMILES string of the molecule is CC(C)n1nccc1NC(=O)NCCNC(=O)c1ccccc1Cl. The number of benzene rings is 1. The number of anilines is 1. The minimum absolute atomic E-state index is 0.144. The van der Waals surface area contributed by atoms with Gasteiger partial charge in [-0.3, -0.25) is 10.1 Å². The Hall–Kier alpha value is -2.54. The molecule has 0 saturated carbocycles. The summed E-state index contributed by atoms with van der Waals surface area (Å²) in [6.45, 7) is 4.53. The van der Waals surface area contributed by atoms with Crippen LogP contribution in [-0.2, 0) is 0 Å². The van der Waals surface area contributed by atoms with Crippen molar-refractivity contribution in [1.29, 1.82) is 0 Å². The molecule has 8 heteroatoms. The summed E-state index contributed by atoms with van der Waals surface area (Å²) in [5.41, 5.74) is 0.407. The highest BCUT2D eigenvalue weighted by molar-refractivity contribution is 6.33. The Morgan fingerprint density at radius 2 is 1.88 bits per heavy atom. The van der Waals surface area contributed by atoms with Gasteiger partial charge in [0, 0.05) is 25.2 Å². The van der Waals surface area contributed by atoms with Gasteiger partial charge in [0.2, 0.25) is 0 Å². The molecule has 1 aromatic heterocycles. The van der Waals surface area contributed by atoms with Crippen molar-refractivity contribution in [2.75, 3.05) is 18.4 Å². The van der Waals surface area contributed by atoms with E-state index >= 15 is 0 Å². The molecule has 0 bridgehead atoms. The van der Waals surface area contributed by atoms with Gasteiger partial charge in [0.15, 0.2) is 0 Å². The van der Waals surface area contributed by atoms with E-state index in [2.05, 4.69) is 21.0 Å². The van der Waals surface area contributed by atoms with Crippen molar-refractivity contribution in [3.63, 3.8) is 0 Å². The zero-order chi connectivity index (χ0) is 17.5. The smallest absolute Gasteiger partial charge is 0.320 e. The van der Waals surface area contributed by atoms with Gasteiger partial charge in [-0.25, -0.2) is 9.48 Å². The molecule has 24 heavy (non-hydrogen) atoms. The lowest BCUT2D eigenvalue weighted by Gasteiger charge is -2.12. The minimum atomic E-state index is -0.357. The second-order valence-electron chi connectivity index (χ2n) is 5.37. The lowest BCUT2D eigenvalue weighted by Crippen LogP contribution is -2.37. The largest absolute Gasteiger partial charge is 0.350 e. The number of amides is 3. The van der Waals surface area contributed by atoms with Gasteiger partial charge in [0.1, 0.15) is 5.82 Å². The van der Waals surface area contributed by atoms with Gasteiger partial charge in [0.05, 0.1) is 16.8 Å². The molecule has 3 N–H and O–H groups in total. The minimum Gasteiger partial charge on any atom is -0.350 e. The highest BCUT2D eigenvalue weighted by atomic mass is 35.5. The van der Waals surface area contributed by atoms with Gasteiger partial charge in [-0.15, -0.1) is 0 Å². The second-order valence-corrected chi connectivity index (χ2v) is 5.78. The van der Waals surface area contributed by atoms with Gasteiger partial charge in [-0.05, 0) is 26.0 Å². The third-order valence-electron chi connectivity index (χ3n) is 3.22. The van der Waals surface area contributed by atoms with Crippen LogP contribution in [0, 0.1) is 0 Å². The van der Waals surface area contributed by atoms with E-state index in [0.717, 1.165) is 0 Å². The Balaban J connectivity index is 1.74. The summed E-state index contributed by atoms with van der Waals surface area (Å²) in [6, 6.07) is 8.30. The molecule has 2 aromatic rings. The van der Waals surface area contributed by atoms with E-state index in [4.69, 9.17) is 11.6 Å². The van der Waals surface area contributed by atoms with E-state index in [9.17, 15) is 9.59 Å². The molecule has 0 aliphatic carbocycles. The fourth-order valence-corrected chi connectivity index (χ4v) is 2.30. The topological polar surface area (TPSA) is 88.1 Å². The molecule has 0 radical (unpaired) electrons. The first-order valence-corrected chi connectivity index (χ1v) is 7.98. The summed E-state index contributed by atoms with van der Waals surface area (Å²) in [5, 5.41) is 12.6. The highest BCUT2D eigenvalue weighted by Crippen LogP contribution is 2.14. The molecule has 3 amide bonds. The molecular weight excluding hydrogens is 330 g/mol. The Morgan fingerprint density at radius 3 is 2.58 bits per heavy atom. The number of carbonyl (C=O) groups is 2. The van der Waals surface area contributed by atoms with E-state index in [-0.39, 0.29) is 24.5 Å². The monoisotopic (exact) mass is 349 g/mol. The number of aromatic nitrogens is 2. The molecule has 0 aliphatic rings. The van der Waals surface area contributed by atoms with Crippen LogP contribution in [0.4, 0.5) is 10.6 Å². The van der Waals surface area contributed by atoms with Crippen LogP contribution >= 0.6 is 11.6 Å². The van der Waals surface area contributed by atoms with Crippen LogP contribution in [0.2, 0.25) is 5.02 Å². The molecule has 0 fully saturated rings. The fourth-order valence-electron chi connectivity index (χ4n) is 2.08. The summed E-state index contributed by atoms with van der Waals surface area (Å²) in [6.07, 6.45) is 1.62. The molecule has 0 spiro atoms. The van der Waals surface area contributed by atoms with E-state index in [1.54, 1.807) is 41.2 Å². The van der Waals surface area contributed by atoms with Crippen LogP contribution in [0.25, 0.3) is 0 Å². The van der Waals surface area contributed by atoms with Gasteiger partial charge >= 0.3 is 6.03 Å². The highest BCUT2D eigenvalue weighted by Gasteiger charge is 2.10. The average Bonchev–Trinajstić information content (AvgIpc) is 3.00. The van der Waals surface area contributed by atoms with E-state index < -0.39 is 0 Å². The van der Waals surface area contributed by atoms with Crippen LogP contribution in [0.3, 0.4) is 0 Å². The molecule has 2 rings (SSSR count). The predicted molar refractivity (Wildman–Crippen MR) is 93.4 cm³/mol. The standard InChI is InChI=1S/C16H20ClN5O2/c1-11(2)22-14(7-8-20-22)21-16(24)19-10-9-18-15(23)12-5-3-4-6-13(12)17/h3-8,11H,9-10H2,1-2H3,(H,18,23)(H2,19,21,24). The van der Waals surface area contributed by atoms with E-state index in [1.807, 2.05) is 13.8 Å². The lowest BCUT2D eigenvalue weighted by atomic mass is 10.2. The summed E-state index contributed by atoms with van der Waals surface area (Å²) in [5.74, 6) is 0.336. The zero-order valence-corrected chi connectivity index (χ0v) is 14.3. The summed E-state index contributed by atoms with van der Waals surface area (Å²) in [7, 11) is 0. The van der Waals surface area contributed by atoms with Crippen molar-refractivity contribution in [3.8, 4) is 0 Å². The van der Waals surface area contributed by atoms with Crippen molar-refractivity contribution in [2.24, 2.45) is 0 Å².